The minimum Gasteiger partial charge on any atom is -0.421 e. The Labute approximate surface area is 147 Å². The van der Waals surface area contributed by atoms with Crippen molar-refractivity contribution in [2.45, 2.75) is 39.0 Å². The minimum atomic E-state index is -0.136. The molecular weight excluding hydrogens is 346 g/mol. The molecular formula is C15H17N5O2S2. The number of rotatable bonds is 8. The number of anilines is 1. The van der Waals surface area contributed by atoms with Crippen molar-refractivity contribution in [2.75, 3.05) is 5.32 Å². The van der Waals surface area contributed by atoms with Gasteiger partial charge in [0.15, 0.2) is 0 Å². The number of hydrogen-bond acceptors (Lipinski definition) is 8. The van der Waals surface area contributed by atoms with E-state index in [4.69, 9.17) is 4.42 Å². The number of nitrogens with one attached hydrogen (secondary N) is 1. The first-order chi connectivity index (χ1) is 11.7. The van der Waals surface area contributed by atoms with Gasteiger partial charge in [0, 0.05) is 30.2 Å². The third kappa shape index (κ3) is 4.45. The van der Waals surface area contributed by atoms with Crippen molar-refractivity contribution in [3.05, 3.63) is 27.7 Å². The van der Waals surface area contributed by atoms with E-state index in [2.05, 4.69) is 32.6 Å². The van der Waals surface area contributed by atoms with Gasteiger partial charge >= 0.3 is 0 Å². The first-order valence-electron chi connectivity index (χ1n) is 7.71. The molecule has 0 radical (unpaired) electrons. The van der Waals surface area contributed by atoms with Gasteiger partial charge in [-0.25, -0.2) is 0 Å². The molecule has 3 heterocycles. The molecule has 1 amide bonds. The molecule has 7 nitrogen and oxygen atoms in total. The van der Waals surface area contributed by atoms with Gasteiger partial charge in [-0.05, 0) is 17.9 Å². The highest BCUT2D eigenvalue weighted by molar-refractivity contribution is 7.15. The van der Waals surface area contributed by atoms with E-state index in [1.807, 2.05) is 16.8 Å². The molecule has 1 N–H and O–H groups in total. The van der Waals surface area contributed by atoms with Crippen molar-refractivity contribution in [3.8, 4) is 11.5 Å². The van der Waals surface area contributed by atoms with Crippen LogP contribution in [0.2, 0.25) is 0 Å². The molecule has 0 aliphatic heterocycles. The standard InChI is InChI=1S/C15H17N5O2S2/c1-2-3-4-13-18-20-15(24-13)16-11(21)5-6-12-17-19-14(22-12)10-7-8-23-9-10/h7-9H,2-6H2,1H3,(H,16,20,21). The molecule has 9 heteroatoms. The van der Waals surface area contributed by atoms with Gasteiger partial charge in [0.25, 0.3) is 0 Å². The van der Waals surface area contributed by atoms with Gasteiger partial charge in [0.2, 0.25) is 22.8 Å². The lowest BCUT2D eigenvalue weighted by Crippen LogP contribution is -2.12. The molecule has 0 saturated heterocycles. The number of thiophene rings is 1. The number of nitrogens with zero attached hydrogens (tertiary/aromatic N) is 4. The Bertz CT molecular complexity index is 782. The van der Waals surface area contributed by atoms with E-state index in [1.54, 1.807) is 11.3 Å². The van der Waals surface area contributed by atoms with Gasteiger partial charge in [0.1, 0.15) is 5.01 Å². The summed E-state index contributed by atoms with van der Waals surface area (Å²) in [7, 11) is 0. The summed E-state index contributed by atoms with van der Waals surface area (Å²) in [6.45, 7) is 2.13. The lowest BCUT2D eigenvalue weighted by atomic mass is 10.3. The van der Waals surface area contributed by atoms with Crippen LogP contribution >= 0.6 is 22.7 Å². The van der Waals surface area contributed by atoms with Crippen molar-refractivity contribution < 1.29 is 9.21 Å². The van der Waals surface area contributed by atoms with E-state index < -0.39 is 0 Å². The number of aromatic nitrogens is 4. The second-order valence-electron chi connectivity index (χ2n) is 5.17. The van der Waals surface area contributed by atoms with Gasteiger partial charge in [-0.3, -0.25) is 4.79 Å². The Hall–Kier alpha value is -2.13. The fraction of sp³-hybridized carbons (Fsp3) is 0.400. The number of aryl methyl sites for hydroxylation is 2. The molecule has 0 aliphatic rings. The van der Waals surface area contributed by atoms with E-state index in [9.17, 15) is 4.79 Å². The average molecular weight is 363 g/mol. The summed E-state index contributed by atoms with van der Waals surface area (Å²) in [5.41, 5.74) is 0.900. The molecule has 3 aromatic rings. The van der Waals surface area contributed by atoms with Crippen LogP contribution in [0, 0.1) is 0 Å². The summed E-state index contributed by atoms with van der Waals surface area (Å²) in [5, 5.41) is 24.2. The zero-order valence-corrected chi connectivity index (χ0v) is 14.8. The molecule has 0 aliphatic carbocycles. The van der Waals surface area contributed by atoms with E-state index in [0.717, 1.165) is 29.8 Å². The quantitative estimate of drug-likeness (QED) is 0.657. The summed E-state index contributed by atoms with van der Waals surface area (Å²) in [5.74, 6) is 0.798. The summed E-state index contributed by atoms with van der Waals surface area (Å²) in [6.07, 6.45) is 3.74. The predicted molar refractivity (Wildman–Crippen MR) is 93.1 cm³/mol. The molecule has 126 valence electrons. The smallest absolute Gasteiger partial charge is 0.248 e. The summed E-state index contributed by atoms with van der Waals surface area (Å²) < 4.78 is 5.56. The molecule has 3 rings (SSSR count). The SMILES string of the molecule is CCCCc1nnc(NC(=O)CCc2nnc(-c3ccsc3)o2)s1. The predicted octanol–water partition coefficient (Wildman–Crippen LogP) is 3.56. The van der Waals surface area contributed by atoms with Gasteiger partial charge in [0.05, 0.1) is 0 Å². The van der Waals surface area contributed by atoms with Crippen LogP contribution in [0.4, 0.5) is 5.13 Å². The highest BCUT2D eigenvalue weighted by atomic mass is 32.1. The minimum absolute atomic E-state index is 0.136. The van der Waals surface area contributed by atoms with Gasteiger partial charge in [-0.2, -0.15) is 11.3 Å². The summed E-state index contributed by atoms with van der Waals surface area (Å²) in [4.78, 5) is 12.0. The molecule has 0 fully saturated rings. The number of carbonyl (C=O) groups is 1. The van der Waals surface area contributed by atoms with Gasteiger partial charge in [-0.1, -0.05) is 24.7 Å². The highest BCUT2D eigenvalue weighted by Gasteiger charge is 2.12. The molecule has 0 spiro atoms. The zero-order valence-electron chi connectivity index (χ0n) is 13.2. The fourth-order valence-electron chi connectivity index (χ4n) is 1.99. The lowest BCUT2D eigenvalue weighted by Gasteiger charge is -1.98. The van der Waals surface area contributed by atoms with Crippen LogP contribution in [-0.2, 0) is 17.6 Å². The third-order valence-corrected chi connectivity index (χ3v) is 4.84. The second-order valence-corrected chi connectivity index (χ2v) is 7.01. The number of unbranched alkanes of at least 4 members (excludes halogenated alkanes) is 1. The van der Waals surface area contributed by atoms with E-state index >= 15 is 0 Å². The first kappa shape index (κ1) is 16.7. The Morgan fingerprint density at radius 1 is 1.25 bits per heavy atom. The van der Waals surface area contributed by atoms with Crippen LogP contribution in [0.5, 0.6) is 0 Å². The van der Waals surface area contributed by atoms with Crippen LogP contribution in [0.3, 0.4) is 0 Å². The van der Waals surface area contributed by atoms with Crippen molar-refractivity contribution >= 4 is 33.7 Å². The van der Waals surface area contributed by atoms with Crippen LogP contribution in [0.25, 0.3) is 11.5 Å². The van der Waals surface area contributed by atoms with Crippen LogP contribution in [0.1, 0.15) is 37.1 Å². The normalized spacial score (nSPS) is 10.9. The molecule has 0 saturated carbocycles. The van der Waals surface area contributed by atoms with E-state index in [0.29, 0.717) is 23.3 Å². The van der Waals surface area contributed by atoms with Crippen LogP contribution < -0.4 is 5.32 Å². The van der Waals surface area contributed by atoms with Crippen molar-refractivity contribution in [2.24, 2.45) is 0 Å². The molecule has 24 heavy (non-hydrogen) atoms. The lowest BCUT2D eigenvalue weighted by molar-refractivity contribution is -0.116. The maximum absolute atomic E-state index is 12.0. The van der Waals surface area contributed by atoms with Crippen molar-refractivity contribution in [1.82, 2.24) is 20.4 Å². The number of hydrogen-bond donors (Lipinski definition) is 1. The van der Waals surface area contributed by atoms with Crippen LogP contribution in [0.15, 0.2) is 21.2 Å². The molecule has 0 bridgehead atoms. The third-order valence-electron chi connectivity index (χ3n) is 3.26. The molecule has 3 aromatic heterocycles. The second kappa shape index (κ2) is 8.11. The average Bonchev–Trinajstić information content (AvgIpc) is 3.31. The molecule has 0 unspecified atom stereocenters. The van der Waals surface area contributed by atoms with Crippen LogP contribution in [-0.4, -0.2) is 26.3 Å². The monoisotopic (exact) mass is 363 g/mol. The Kier molecular flexibility index (Phi) is 5.65. The maximum atomic E-state index is 12.0. The largest absolute Gasteiger partial charge is 0.421 e. The summed E-state index contributed by atoms with van der Waals surface area (Å²) in [6, 6.07) is 1.92. The number of amides is 1. The van der Waals surface area contributed by atoms with Gasteiger partial charge in [-0.15, -0.1) is 20.4 Å². The maximum Gasteiger partial charge on any atom is 0.248 e. The molecule has 0 aromatic carbocycles. The first-order valence-corrected chi connectivity index (χ1v) is 9.47. The Balaban J connectivity index is 1.48. The Morgan fingerprint density at radius 3 is 2.96 bits per heavy atom. The Morgan fingerprint density at radius 2 is 2.17 bits per heavy atom. The fourth-order valence-corrected chi connectivity index (χ4v) is 3.42. The highest BCUT2D eigenvalue weighted by Crippen LogP contribution is 2.21. The van der Waals surface area contributed by atoms with Gasteiger partial charge < -0.3 is 9.73 Å². The van der Waals surface area contributed by atoms with Crippen molar-refractivity contribution in [3.63, 3.8) is 0 Å². The van der Waals surface area contributed by atoms with E-state index in [1.165, 1.54) is 11.3 Å². The summed E-state index contributed by atoms with van der Waals surface area (Å²) >= 11 is 2.99. The number of carbonyl (C=O) groups excluding carboxylic acids is 1. The zero-order chi connectivity index (χ0) is 16.8. The molecule has 0 atom stereocenters. The van der Waals surface area contributed by atoms with E-state index in [-0.39, 0.29) is 12.3 Å². The topological polar surface area (TPSA) is 93.8 Å². The van der Waals surface area contributed by atoms with Crippen molar-refractivity contribution in [1.29, 1.82) is 0 Å².